The second-order valence-electron chi connectivity index (χ2n) is 5.21. The fraction of sp³-hybridized carbons (Fsp3) is 0.222. The molecule has 2 amide bonds. The van der Waals surface area contributed by atoms with Gasteiger partial charge in [0.25, 0.3) is 5.91 Å². The van der Waals surface area contributed by atoms with Gasteiger partial charge in [0.15, 0.2) is 0 Å². The molecule has 2 aromatic carbocycles. The number of hydrogen-bond acceptors (Lipinski definition) is 2. The first kappa shape index (κ1) is 17.0. The van der Waals surface area contributed by atoms with Gasteiger partial charge < -0.3 is 10.2 Å². The zero-order chi connectivity index (χ0) is 16.8. The summed E-state index contributed by atoms with van der Waals surface area (Å²) in [5.74, 6) is -0.193. The van der Waals surface area contributed by atoms with E-state index in [1.54, 1.807) is 29.2 Å². The lowest BCUT2D eigenvalue weighted by Crippen LogP contribution is -2.30. The van der Waals surface area contributed by atoms with E-state index >= 15 is 0 Å². The number of benzene rings is 2. The van der Waals surface area contributed by atoms with Crippen molar-refractivity contribution >= 4 is 29.1 Å². The molecule has 0 aliphatic rings. The van der Waals surface area contributed by atoms with Crippen LogP contribution in [0.5, 0.6) is 0 Å². The van der Waals surface area contributed by atoms with Gasteiger partial charge in [0.05, 0.1) is 0 Å². The highest BCUT2D eigenvalue weighted by molar-refractivity contribution is 6.30. The molecule has 120 valence electrons. The molecular weight excluding hydrogens is 312 g/mol. The predicted molar refractivity (Wildman–Crippen MR) is 92.6 cm³/mol. The minimum absolute atomic E-state index is 0.0538. The Labute approximate surface area is 141 Å². The van der Waals surface area contributed by atoms with Gasteiger partial charge in [-0.2, -0.15) is 0 Å². The number of hydrogen-bond donors (Lipinski definition) is 1. The maximum atomic E-state index is 12.6. The van der Waals surface area contributed by atoms with Crippen LogP contribution in [-0.4, -0.2) is 23.3 Å². The van der Waals surface area contributed by atoms with Gasteiger partial charge in [-0.05, 0) is 48.9 Å². The maximum absolute atomic E-state index is 12.6. The minimum atomic E-state index is -0.139. The molecule has 1 N–H and O–H groups in total. The highest BCUT2D eigenvalue weighted by Gasteiger charge is 2.14. The third-order valence-corrected chi connectivity index (χ3v) is 3.62. The standard InChI is InChI=1S/C18H19ClN2O2/c1-3-21(12-14-5-4-6-16(19)11-14)18(23)15-7-9-17(10-8-15)20-13(2)22/h4-11H,3,12H2,1-2H3,(H,20,22). The highest BCUT2D eigenvalue weighted by Crippen LogP contribution is 2.16. The van der Waals surface area contributed by atoms with Crippen LogP contribution in [0.15, 0.2) is 48.5 Å². The van der Waals surface area contributed by atoms with Crippen LogP contribution in [-0.2, 0) is 11.3 Å². The van der Waals surface area contributed by atoms with Gasteiger partial charge in [0.1, 0.15) is 0 Å². The number of nitrogens with one attached hydrogen (secondary N) is 1. The lowest BCUT2D eigenvalue weighted by Gasteiger charge is -2.21. The second kappa shape index (κ2) is 7.79. The van der Waals surface area contributed by atoms with Crippen LogP contribution in [0.2, 0.25) is 5.02 Å². The number of rotatable bonds is 5. The highest BCUT2D eigenvalue weighted by atomic mass is 35.5. The van der Waals surface area contributed by atoms with E-state index in [9.17, 15) is 9.59 Å². The largest absolute Gasteiger partial charge is 0.335 e. The SMILES string of the molecule is CCN(Cc1cccc(Cl)c1)C(=O)c1ccc(NC(C)=O)cc1. The summed E-state index contributed by atoms with van der Waals surface area (Å²) in [6.07, 6.45) is 0. The molecule has 0 fully saturated rings. The summed E-state index contributed by atoms with van der Waals surface area (Å²) in [5.41, 5.74) is 2.25. The number of anilines is 1. The van der Waals surface area contributed by atoms with E-state index in [2.05, 4.69) is 5.32 Å². The number of carbonyl (C=O) groups excluding carboxylic acids is 2. The Morgan fingerprint density at radius 3 is 2.39 bits per heavy atom. The van der Waals surface area contributed by atoms with E-state index in [0.717, 1.165) is 5.56 Å². The van der Waals surface area contributed by atoms with Crippen molar-refractivity contribution in [1.82, 2.24) is 4.90 Å². The van der Waals surface area contributed by atoms with Crippen LogP contribution in [0.25, 0.3) is 0 Å². The van der Waals surface area contributed by atoms with E-state index in [1.165, 1.54) is 6.92 Å². The zero-order valence-corrected chi connectivity index (χ0v) is 13.9. The van der Waals surface area contributed by atoms with E-state index in [0.29, 0.717) is 29.4 Å². The van der Waals surface area contributed by atoms with Crippen molar-refractivity contribution in [3.05, 3.63) is 64.7 Å². The molecule has 23 heavy (non-hydrogen) atoms. The fourth-order valence-electron chi connectivity index (χ4n) is 2.26. The Hall–Kier alpha value is -2.33. The summed E-state index contributed by atoms with van der Waals surface area (Å²) >= 11 is 5.99. The van der Waals surface area contributed by atoms with E-state index in [4.69, 9.17) is 11.6 Å². The minimum Gasteiger partial charge on any atom is -0.335 e. The summed E-state index contributed by atoms with van der Waals surface area (Å²) < 4.78 is 0. The summed E-state index contributed by atoms with van der Waals surface area (Å²) in [4.78, 5) is 25.4. The Morgan fingerprint density at radius 2 is 1.83 bits per heavy atom. The Kier molecular flexibility index (Phi) is 5.77. The molecule has 0 atom stereocenters. The van der Waals surface area contributed by atoms with Gasteiger partial charge in [0, 0.05) is 36.3 Å². The van der Waals surface area contributed by atoms with Gasteiger partial charge in [0.2, 0.25) is 5.91 Å². The van der Waals surface area contributed by atoms with Crippen LogP contribution >= 0.6 is 11.6 Å². The normalized spacial score (nSPS) is 10.2. The molecule has 0 bridgehead atoms. The molecule has 0 aliphatic heterocycles. The van der Waals surface area contributed by atoms with Gasteiger partial charge in [-0.15, -0.1) is 0 Å². The third kappa shape index (κ3) is 4.83. The number of carbonyl (C=O) groups is 2. The topological polar surface area (TPSA) is 49.4 Å². The van der Waals surface area contributed by atoms with Gasteiger partial charge in [-0.25, -0.2) is 0 Å². The quantitative estimate of drug-likeness (QED) is 0.902. The average molecular weight is 331 g/mol. The number of halogens is 1. The summed E-state index contributed by atoms with van der Waals surface area (Å²) in [7, 11) is 0. The number of amides is 2. The number of nitrogens with zero attached hydrogens (tertiary/aromatic N) is 1. The van der Waals surface area contributed by atoms with Crippen molar-refractivity contribution in [2.24, 2.45) is 0 Å². The fourth-order valence-corrected chi connectivity index (χ4v) is 2.48. The van der Waals surface area contributed by atoms with Crippen LogP contribution in [0.1, 0.15) is 29.8 Å². The molecule has 0 radical (unpaired) electrons. The van der Waals surface area contributed by atoms with Crippen LogP contribution in [0.4, 0.5) is 5.69 Å². The van der Waals surface area contributed by atoms with Crippen molar-refractivity contribution in [2.45, 2.75) is 20.4 Å². The third-order valence-electron chi connectivity index (χ3n) is 3.38. The molecule has 4 nitrogen and oxygen atoms in total. The molecule has 5 heteroatoms. The zero-order valence-electron chi connectivity index (χ0n) is 13.2. The summed E-state index contributed by atoms with van der Waals surface area (Å²) in [5, 5.41) is 3.34. The lowest BCUT2D eigenvalue weighted by atomic mass is 10.1. The van der Waals surface area contributed by atoms with Crippen LogP contribution in [0, 0.1) is 0 Å². The lowest BCUT2D eigenvalue weighted by molar-refractivity contribution is -0.114. The molecule has 2 rings (SSSR count). The van der Waals surface area contributed by atoms with Crippen molar-refractivity contribution in [2.75, 3.05) is 11.9 Å². The summed E-state index contributed by atoms with van der Waals surface area (Å²) in [6, 6.07) is 14.4. The van der Waals surface area contributed by atoms with Crippen molar-refractivity contribution in [1.29, 1.82) is 0 Å². The van der Waals surface area contributed by atoms with Crippen LogP contribution < -0.4 is 5.32 Å². The predicted octanol–water partition coefficient (Wildman–Crippen LogP) is 3.96. The average Bonchev–Trinajstić information content (AvgIpc) is 2.52. The molecule has 0 saturated heterocycles. The van der Waals surface area contributed by atoms with E-state index in [1.807, 2.05) is 31.2 Å². The van der Waals surface area contributed by atoms with Crippen LogP contribution in [0.3, 0.4) is 0 Å². The first-order valence-electron chi connectivity index (χ1n) is 7.41. The molecule has 0 aromatic heterocycles. The van der Waals surface area contributed by atoms with E-state index < -0.39 is 0 Å². The van der Waals surface area contributed by atoms with Gasteiger partial charge in [-0.3, -0.25) is 9.59 Å². The molecule has 0 aliphatic carbocycles. The monoisotopic (exact) mass is 330 g/mol. The molecule has 0 saturated carbocycles. The van der Waals surface area contributed by atoms with Crippen molar-refractivity contribution in [3.63, 3.8) is 0 Å². The first-order chi connectivity index (χ1) is 11.0. The molecule has 0 spiro atoms. The maximum Gasteiger partial charge on any atom is 0.254 e. The Morgan fingerprint density at radius 1 is 1.13 bits per heavy atom. The van der Waals surface area contributed by atoms with E-state index in [-0.39, 0.29) is 11.8 Å². The molecule has 0 heterocycles. The second-order valence-corrected chi connectivity index (χ2v) is 5.64. The van der Waals surface area contributed by atoms with Crippen molar-refractivity contribution in [3.8, 4) is 0 Å². The molecule has 0 unspecified atom stereocenters. The molecular formula is C18H19ClN2O2. The van der Waals surface area contributed by atoms with Gasteiger partial charge >= 0.3 is 0 Å². The summed E-state index contributed by atoms with van der Waals surface area (Å²) in [6.45, 7) is 4.49. The van der Waals surface area contributed by atoms with Gasteiger partial charge in [-0.1, -0.05) is 23.7 Å². The smallest absolute Gasteiger partial charge is 0.254 e. The Bertz CT molecular complexity index is 698. The molecule has 2 aromatic rings. The van der Waals surface area contributed by atoms with Crippen molar-refractivity contribution < 1.29 is 9.59 Å². The first-order valence-corrected chi connectivity index (χ1v) is 7.78. The Balaban J connectivity index is 2.11.